The quantitative estimate of drug-likeness (QED) is 0.607. The zero-order valence-corrected chi connectivity index (χ0v) is 7.57. The third kappa shape index (κ3) is 1.44. The van der Waals surface area contributed by atoms with Crippen LogP contribution in [0, 0.1) is 11.3 Å². The summed E-state index contributed by atoms with van der Waals surface area (Å²) in [6, 6.07) is 2.37. The van der Waals surface area contributed by atoms with Crippen molar-refractivity contribution < 1.29 is 9.84 Å². The van der Waals surface area contributed by atoms with E-state index >= 15 is 0 Å². The summed E-state index contributed by atoms with van der Waals surface area (Å²) in [5.74, 6) is 0. The van der Waals surface area contributed by atoms with Crippen molar-refractivity contribution in [2.24, 2.45) is 0 Å². The highest BCUT2D eigenvalue weighted by Gasteiger charge is 2.44. The van der Waals surface area contributed by atoms with Gasteiger partial charge in [0.15, 0.2) is 0 Å². The van der Waals surface area contributed by atoms with Crippen LogP contribution in [0.1, 0.15) is 12.8 Å². The van der Waals surface area contributed by atoms with E-state index in [1.807, 2.05) is 0 Å². The van der Waals surface area contributed by atoms with Crippen molar-refractivity contribution >= 4 is 0 Å². The van der Waals surface area contributed by atoms with Crippen molar-refractivity contribution in [2.45, 2.75) is 24.5 Å². The summed E-state index contributed by atoms with van der Waals surface area (Å²) in [5.41, 5.74) is -0.350. The number of ether oxygens (including phenoxy) is 1. The lowest BCUT2D eigenvalue weighted by molar-refractivity contribution is -0.0834. The van der Waals surface area contributed by atoms with Crippen molar-refractivity contribution in [1.82, 2.24) is 4.90 Å². The molecule has 0 amide bonds. The van der Waals surface area contributed by atoms with Gasteiger partial charge >= 0.3 is 0 Å². The molecule has 0 aromatic carbocycles. The first-order valence-corrected chi connectivity index (χ1v) is 4.69. The maximum Gasteiger partial charge on any atom is 0.113 e. The molecule has 13 heavy (non-hydrogen) atoms. The minimum absolute atomic E-state index is 0.229. The molecule has 72 valence electrons. The van der Waals surface area contributed by atoms with E-state index in [1.165, 1.54) is 0 Å². The maximum atomic E-state index is 9.18. The molecule has 1 N–H and O–H groups in total. The van der Waals surface area contributed by atoms with E-state index in [9.17, 15) is 5.11 Å². The summed E-state index contributed by atoms with van der Waals surface area (Å²) >= 11 is 0. The van der Waals surface area contributed by atoms with Crippen LogP contribution in [-0.2, 0) is 4.74 Å². The highest BCUT2D eigenvalue weighted by atomic mass is 16.5. The van der Waals surface area contributed by atoms with E-state index in [-0.39, 0.29) is 11.6 Å². The Labute approximate surface area is 77.7 Å². The zero-order valence-electron chi connectivity index (χ0n) is 7.57. The Morgan fingerprint density at radius 3 is 2.46 bits per heavy atom. The van der Waals surface area contributed by atoms with Crippen molar-refractivity contribution in [3.63, 3.8) is 0 Å². The van der Waals surface area contributed by atoms with Gasteiger partial charge in [-0.05, 0) is 0 Å². The van der Waals surface area contributed by atoms with Crippen LogP contribution < -0.4 is 0 Å². The molecule has 0 radical (unpaired) electrons. The van der Waals surface area contributed by atoms with Gasteiger partial charge in [-0.2, -0.15) is 5.26 Å². The Hall–Kier alpha value is -0.630. The third-order valence-electron chi connectivity index (χ3n) is 3.00. The van der Waals surface area contributed by atoms with Crippen LogP contribution in [0.3, 0.4) is 0 Å². The topological polar surface area (TPSA) is 56.5 Å². The average molecular weight is 182 g/mol. The second-order valence-corrected chi connectivity index (χ2v) is 3.81. The molecule has 0 aromatic rings. The molecule has 0 aliphatic carbocycles. The molecule has 2 saturated heterocycles. The number of β-amino-alcohol motifs (C(OH)–C–C–N with tert-alkyl or cyclic N) is 1. The Kier molecular flexibility index (Phi) is 2.24. The van der Waals surface area contributed by atoms with E-state index < -0.39 is 0 Å². The molecule has 0 atom stereocenters. The summed E-state index contributed by atoms with van der Waals surface area (Å²) in [6.45, 7) is 2.63. The summed E-state index contributed by atoms with van der Waals surface area (Å²) in [6.07, 6.45) is 1.32. The number of likely N-dealkylation sites (tertiary alicyclic amines) is 1. The summed E-state index contributed by atoms with van der Waals surface area (Å²) in [5, 5.41) is 18.3. The molecule has 2 fully saturated rings. The molecule has 2 aliphatic heterocycles. The average Bonchev–Trinajstić information content (AvgIpc) is 2.14. The molecule has 0 aromatic heterocycles. The number of hydrogen-bond donors (Lipinski definition) is 1. The first-order chi connectivity index (χ1) is 6.27. The maximum absolute atomic E-state index is 9.18. The van der Waals surface area contributed by atoms with E-state index in [1.54, 1.807) is 0 Å². The molecule has 2 heterocycles. The first-order valence-electron chi connectivity index (χ1n) is 4.69. The predicted molar refractivity (Wildman–Crippen MR) is 46.0 cm³/mol. The molecule has 4 heteroatoms. The van der Waals surface area contributed by atoms with Crippen LogP contribution in [0.5, 0.6) is 0 Å². The summed E-state index contributed by atoms with van der Waals surface area (Å²) in [4.78, 5) is 2.07. The SMILES string of the molecule is N#CC1(N2CC(O)C2)CCOCC1. The minimum atomic E-state index is -0.350. The van der Waals surface area contributed by atoms with Crippen molar-refractivity contribution in [3.05, 3.63) is 0 Å². The molecule has 0 bridgehead atoms. The number of aliphatic hydroxyl groups is 1. The number of aliphatic hydroxyl groups excluding tert-OH is 1. The molecule has 0 spiro atoms. The largest absolute Gasteiger partial charge is 0.390 e. The second kappa shape index (κ2) is 3.26. The van der Waals surface area contributed by atoms with Crippen LogP contribution >= 0.6 is 0 Å². The van der Waals surface area contributed by atoms with Gasteiger partial charge in [-0.15, -0.1) is 0 Å². The lowest BCUT2D eigenvalue weighted by Crippen LogP contribution is -2.63. The molecule has 0 unspecified atom stereocenters. The third-order valence-corrected chi connectivity index (χ3v) is 3.00. The fraction of sp³-hybridized carbons (Fsp3) is 0.889. The van der Waals surface area contributed by atoms with E-state index in [0.29, 0.717) is 26.3 Å². The number of rotatable bonds is 1. The van der Waals surface area contributed by atoms with Crippen LogP contribution in [0.4, 0.5) is 0 Å². The first kappa shape index (κ1) is 8.95. The summed E-state index contributed by atoms with van der Waals surface area (Å²) in [7, 11) is 0. The Morgan fingerprint density at radius 2 is 2.00 bits per heavy atom. The van der Waals surface area contributed by atoms with Gasteiger partial charge in [0.25, 0.3) is 0 Å². The number of nitriles is 1. The van der Waals surface area contributed by atoms with E-state index in [2.05, 4.69) is 11.0 Å². The lowest BCUT2D eigenvalue weighted by Gasteiger charge is -2.48. The standard InChI is InChI=1S/C9H14N2O2/c10-7-9(1-3-13-4-2-9)11-5-8(12)6-11/h8,12H,1-6H2. The lowest BCUT2D eigenvalue weighted by atomic mass is 9.86. The molecular weight excluding hydrogens is 168 g/mol. The second-order valence-electron chi connectivity index (χ2n) is 3.81. The van der Waals surface area contributed by atoms with Crippen LogP contribution in [-0.4, -0.2) is 48.0 Å². The normalized spacial score (nSPS) is 29.2. The summed E-state index contributed by atoms with van der Waals surface area (Å²) < 4.78 is 5.23. The van der Waals surface area contributed by atoms with E-state index in [0.717, 1.165) is 12.8 Å². The van der Waals surface area contributed by atoms with Crippen LogP contribution in [0.25, 0.3) is 0 Å². The Bertz CT molecular complexity index is 224. The molecule has 2 rings (SSSR count). The van der Waals surface area contributed by atoms with Gasteiger partial charge in [-0.3, -0.25) is 4.90 Å². The molecule has 4 nitrogen and oxygen atoms in total. The monoisotopic (exact) mass is 182 g/mol. The van der Waals surface area contributed by atoms with Gasteiger partial charge in [-0.1, -0.05) is 0 Å². The highest BCUT2D eigenvalue weighted by molar-refractivity contribution is 5.12. The van der Waals surface area contributed by atoms with Gasteiger partial charge in [0.05, 0.1) is 12.2 Å². The molecule has 2 aliphatic rings. The van der Waals surface area contributed by atoms with Gasteiger partial charge in [0, 0.05) is 39.1 Å². The van der Waals surface area contributed by atoms with Gasteiger partial charge < -0.3 is 9.84 Å². The van der Waals surface area contributed by atoms with Crippen molar-refractivity contribution in [1.29, 1.82) is 5.26 Å². The highest BCUT2D eigenvalue weighted by Crippen LogP contribution is 2.31. The fourth-order valence-corrected chi connectivity index (χ4v) is 2.01. The zero-order chi connectivity index (χ0) is 9.31. The predicted octanol–water partition coefficient (Wildman–Crippen LogP) is -0.264. The van der Waals surface area contributed by atoms with Gasteiger partial charge in [-0.25, -0.2) is 0 Å². The Balaban J connectivity index is 2.02. The van der Waals surface area contributed by atoms with Crippen molar-refractivity contribution in [3.8, 4) is 6.07 Å². The Morgan fingerprint density at radius 1 is 1.38 bits per heavy atom. The van der Waals surface area contributed by atoms with Gasteiger partial charge in [0.1, 0.15) is 5.54 Å². The van der Waals surface area contributed by atoms with Crippen LogP contribution in [0.2, 0.25) is 0 Å². The number of hydrogen-bond acceptors (Lipinski definition) is 4. The minimum Gasteiger partial charge on any atom is -0.390 e. The van der Waals surface area contributed by atoms with Crippen LogP contribution in [0.15, 0.2) is 0 Å². The fourth-order valence-electron chi connectivity index (χ4n) is 2.01. The van der Waals surface area contributed by atoms with Crippen molar-refractivity contribution in [2.75, 3.05) is 26.3 Å². The number of nitrogens with zero attached hydrogens (tertiary/aromatic N) is 2. The van der Waals surface area contributed by atoms with E-state index in [4.69, 9.17) is 10.00 Å². The smallest absolute Gasteiger partial charge is 0.113 e. The van der Waals surface area contributed by atoms with Gasteiger partial charge in [0.2, 0.25) is 0 Å². The molecular formula is C9H14N2O2. The molecule has 0 saturated carbocycles.